The van der Waals surface area contributed by atoms with E-state index >= 15 is 0 Å². The van der Waals surface area contributed by atoms with Gasteiger partial charge in [0.15, 0.2) is 0 Å². The second kappa shape index (κ2) is 11.5. The molecule has 0 saturated heterocycles. The Morgan fingerprint density at radius 2 is 1.32 bits per heavy atom. The molecule has 0 aromatic carbocycles. The molecule has 0 aromatic rings. The monoisotopic (exact) mass is 346 g/mol. The average molecular weight is 347 g/mol. The minimum Gasteiger partial charge on any atom is -0.307 e. The summed E-state index contributed by atoms with van der Waals surface area (Å²) in [4.78, 5) is 0. The molecule has 0 amide bonds. The lowest BCUT2D eigenvalue weighted by molar-refractivity contribution is 0.324. The molecule has 25 heavy (non-hydrogen) atoms. The fourth-order valence-corrected chi connectivity index (χ4v) is 2.82. The molecule has 2 heteroatoms. The van der Waals surface area contributed by atoms with Gasteiger partial charge in [-0.05, 0) is 74.1 Å². The summed E-state index contributed by atoms with van der Waals surface area (Å²) in [5.41, 5.74) is 2.67. The summed E-state index contributed by atoms with van der Waals surface area (Å²) in [6.45, 7) is 24.3. The van der Waals surface area contributed by atoms with E-state index in [1.54, 1.807) is 0 Å². The predicted molar refractivity (Wildman–Crippen MR) is 115 cm³/mol. The lowest BCUT2D eigenvalue weighted by Crippen LogP contribution is -2.52. The van der Waals surface area contributed by atoms with Crippen LogP contribution in [0.15, 0.2) is 48.6 Å². The summed E-state index contributed by atoms with van der Waals surface area (Å²) in [5.74, 6) is 0. The van der Waals surface area contributed by atoms with Crippen molar-refractivity contribution in [2.24, 2.45) is 0 Å². The quantitative estimate of drug-likeness (QED) is 0.403. The lowest BCUT2D eigenvalue weighted by Gasteiger charge is -2.34. The average Bonchev–Trinajstić information content (AvgIpc) is 2.52. The van der Waals surface area contributed by atoms with Gasteiger partial charge < -0.3 is 10.6 Å². The van der Waals surface area contributed by atoms with E-state index in [1.807, 2.05) is 12.2 Å². The van der Waals surface area contributed by atoms with Crippen molar-refractivity contribution in [2.45, 2.75) is 91.3 Å². The highest BCUT2D eigenvalue weighted by molar-refractivity contribution is 5.05. The van der Waals surface area contributed by atoms with Gasteiger partial charge in [-0.25, -0.2) is 0 Å². The Hall–Kier alpha value is -1.12. The first kappa shape index (κ1) is 23.9. The van der Waals surface area contributed by atoms with Gasteiger partial charge in [0.05, 0.1) is 0 Å². The standard InChI is InChI=1S/C23H42N2/c1-10-22(8,16-12-14-19(3)4)24-18-21(7)25-23(9,11-2)17-13-15-20(5)6/h10-11,14-15,21,24-25H,1-2,12-13,16-18H2,3-9H3. The number of nitrogens with one attached hydrogen (secondary N) is 2. The highest BCUT2D eigenvalue weighted by atomic mass is 15.1. The minimum absolute atomic E-state index is 0.0332. The van der Waals surface area contributed by atoms with Crippen LogP contribution in [0, 0.1) is 0 Å². The van der Waals surface area contributed by atoms with Crippen LogP contribution < -0.4 is 10.6 Å². The lowest BCUT2D eigenvalue weighted by atomic mass is 9.93. The van der Waals surface area contributed by atoms with Crippen molar-refractivity contribution >= 4 is 0 Å². The van der Waals surface area contributed by atoms with E-state index in [2.05, 4.69) is 84.4 Å². The first-order valence-electron chi connectivity index (χ1n) is 9.62. The van der Waals surface area contributed by atoms with E-state index in [-0.39, 0.29) is 11.1 Å². The van der Waals surface area contributed by atoms with Crippen LogP contribution in [0.5, 0.6) is 0 Å². The van der Waals surface area contributed by atoms with Crippen molar-refractivity contribution < 1.29 is 0 Å². The summed E-state index contributed by atoms with van der Waals surface area (Å²) in [7, 11) is 0. The van der Waals surface area contributed by atoms with Crippen molar-refractivity contribution in [3.63, 3.8) is 0 Å². The molecule has 0 radical (unpaired) electrons. The fourth-order valence-electron chi connectivity index (χ4n) is 2.82. The van der Waals surface area contributed by atoms with Crippen LogP contribution in [0.4, 0.5) is 0 Å². The third-order valence-corrected chi connectivity index (χ3v) is 4.72. The molecule has 3 atom stereocenters. The normalized spacial score (nSPS) is 16.9. The van der Waals surface area contributed by atoms with Gasteiger partial charge >= 0.3 is 0 Å². The van der Waals surface area contributed by atoms with Crippen molar-refractivity contribution in [1.29, 1.82) is 0 Å². The predicted octanol–water partition coefficient (Wildman–Crippen LogP) is 5.94. The number of rotatable bonds is 13. The van der Waals surface area contributed by atoms with Crippen LogP contribution in [0.3, 0.4) is 0 Å². The van der Waals surface area contributed by atoms with Gasteiger partial charge in [-0.2, -0.15) is 0 Å². The molecule has 0 aromatic heterocycles. The maximum atomic E-state index is 4.04. The van der Waals surface area contributed by atoms with E-state index < -0.39 is 0 Å². The Labute approximate surface area is 157 Å². The van der Waals surface area contributed by atoms with E-state index in [1.165, 1.54) is 11.1 Å². The largest absolute Gasteiger partial charge is 0.307 e. The molecule has 0 bridgehead atoms. The second-order valence-corrected chi connectivity index (χ2v) is 8.31. The van der Waals surface area contributed by atoms with E-state index in [0.717, 1.165) is 32.2 Å². The maximum Gasteiger partial charge on any atom is 0.0338 e. The summed E-state index contributed by atoms with van der Waals surface area (Å²) in [5, 5.41) is 7.42. The van der Waals surface area contributed by atoms with Crippen LogP contribution >= 0.6 is 0 Å². The molecule has 144 valence electrons. The van der Waals surface area contributed by atoms with Gasteiger partial charge in [0.2, 0.25) is 0 Å². The van der Waals surface area contributed by atoms with E-state index in [9.17, 15) is 0 Å². The molecule has 2 N–H and O–H groups in total. The van der Waals surface area contributed by atoms with Crippen LogP contribution in [0.2, 0.25) is 0 Å². The molecule has 0 heterocycles. The van der Waals surface area contributed by atoms with Gasteiger partial charge in [0, 0.05) is 23.7 Å². The maximum absolute atomic E-state index is 4.04. The first-order valence-corrected chi connectivity index (χ1v) is 9.62. The van der Waals surface area contributed by atoms with Gasteiger partial charge in [0.1, 0.15) is 0 Å². The highest BCUT2D eigenvalue weighted by Gasteiger charge is 2.24. The number of hydrogen-bond donors (Lipinski definition) is 2. The topological polar surface area (TPSA) is 24.1 Å². The molecular formula is C23H42N2. The smallest absolute Gasteiger partial charge is 0.0338 e. The van der Waals surface area contributed by atoms with Crippen molar-refractivity contribution in [3.05, 3.63) is 48.6 Å². The Morgan fingerprint density at radius 3 is 1.72 bits per heavy atom. The third-order valence-electron chi connectivity index (χ3n) is 4.72. The third kappa shape index (κ3) is 11.2. The number of allylic oxidation sites excluding steroid dienone is 4. The summed E-state index contributed by atoms with van der Waals surface area (Å²) in [6, 6.07) is 0.359. The minimum atomic E-state index is -0.0420. The Morgan fingerprint density at radius 1 is 0.880 bits per heavy atom. The SMILES string of the molecule is C=CC(C)(CCC=C(C)C)NCC(C)NC(C)(C=C)CCC=C(C)C. The van der Waals surface area contributed by atoms with Gasteiger partial charge in [-0.15, -0.1) is 13.2 Å². The zero-order valence-electron chi connectivity index (χ0n) is 17.8. The van der Waals surface area contributed by atoms with Gasteiger partial charge in [0.25, 0.3) is 0 Å². The second-order valence-electron chi connectivity index (χ2n) is 8.31. The molecule has 0 aliphatic carbocycles. The number of hydrogen-bond acceptors (Lipinski definition) is 2. The van der Waals surface area contributed by atoms with Crippen LogP contribution in [0.1, 0.15) is 74.1 Å². The van der Waals surface area contributed by atoms with Crippen LogP contribution in [0.25, 0.3) is 0 Å². The van der Waals surface area contributed by atoms with E-state index in [0.29, 0.717) is 6.04 Å². The fraction of sp³-hybridized carbons (Fsp3) is 0.652. The Balaban J connectivity index is 4.55. The molecular weight excluding hydrogens is 304 g/mol. The van der Waals surface area contributed by atoms with E-state index in [4.69, 9.17) is 0 Å². The Bertz CT molecular complexity index is 466. The molecule has 0 rings (SSSR count). The summed E-state index contributed by atoms with van der Waals surface area (Å²) in [6.07, 6.45) is 13.0. The zero-order chi connectivity index (χ0) is 19.5. The zero-order valence-corrected chi connectivity index (χ0v) is 17.8. The molecule has 3 unspecified atom stereocenters. The van der Waals surface area contributed by atoms with Crippen molar-refractivity contribution in [2.75, 3.05) is 6.54 Å². The highest BCUT2D eigenvalue weighted by Crippen LogP contribution is 2.17. The summed E-state index contributed by atoms with van der Waals surface area (Å²) >= 11 is 0. The molecule has 2 nitrogen and oxygen atoms in total. The van der Waals surface area contributed by atoms with Gasteiger partial charge in [-0.1, -0.05) is 35.5 Å². The van der Waals surface area contributed by atoms with Gasteiger partial charge in [-0.3, -0.25) is 0 Å². The molecule has 0 aliphatic heterocycles. The summed E-state index contributed by atoms with van der Waals surface area (Å²) < 4.78 is 0. The van der Waals surface area contributed by atoms with Crippen LogP contribution in [-0.4, -0.2) is 23.7 Å². The Kier molecular flexibility index (Phi) is 11.0. The molecule has 0 spiro atoms. The first-order chi connectivity index (χ1) is 11.6. The molecule has 0 fully saturated rings. The van der Waals surface area contributed by atoms with Crippen molar-refractivity contribution in [1.82, 2.24) is 10.6 Å². The van der Waals surface area contributed by atoms with Crippen molar-refractivity contribution in [3.8, 4) is 0 Å². The van der Waals surface area contributed by atoms with Crippen LogP contribution in [-0.2, 0) is 0 Å². The molecule has 0 aliphatic rings. The molecule has 0 saturated carbocycles.